The highest BCUT2D eigenvalue weighted by atomic mass is 16.5. The Kier molecular flexibility index (Phi) is 2.59. The Labute approximate surface area is 118 Å². The van der Waals surface area contributed by atoms with Crippen LogP contribution in [0.5, 0.6) is 11.5 Å². The molecular weight excluding hydrogens is 248 g/mol. The fraction of sp³-hybridized carbons (Fsp3) is 0.111. The van der Waals surface area contributed by atoms with E-state index in [-0.39, 0.29) is 6.10 Å². The fourth-order valence-electron chi connectivity index (χ4n) is 2.58. The maximum atomic E-state index is 6.05. The lowest BCUT2D eigenvalue weighted by Gasteiger charge is -2.23. The van der Waals surface area contributed by atoms with E-state index in [1.807, 2.05) is 24.3 Å². The van der Waals surface area contributed by atoms with Crippen LogP contribution in [0.2, 0.25) is 0 Å². The number of ether oxygens (including phenoxy) is 2. The summed E-state index contributed by atoms with van der Waals surface area (Å²) in [5.74, 6) is 1.86. The summed E-state index contributed by atoms with van der Waals surface area (Å²) < 4.78 is 11.7. The number of benzene rings is 2. The van der Waals surface area contributed by atoms with Crippen molar-refractivity contribution in [2.75, 3.05) is 6.61 Å². The first kappa shape index (κ1) is 11.4. The van der Waals surface area contributed by atoms with E-state index in [1.54, 1.807) is 0 Å². The van der Waals surface area contributed by atoms with Crippen LogP contribution >= 0.6 is 0 Å². The third kappa shape index (κ3) is 1.90. The van der Waals surface area contributed by atoms with Crippen LogP contribution in [-0.2, 0) is 0 Å². The van der Waals surface area contributed by atoms with E-state index in [2.05, 4.69) is 42.5 Å². The topological polar surface area (TPSA) is 18.5 Å². The van der Waals surface area contributed by atoms with Gasteiger partial charge in [-0.25, -0.2) is 0 Å². The van der Waals surface area contributed by atoms with Crippen LogP contribution in [0.15, 0.2) is 54.6 Å². The average Bonchev–Trinajstić information content (AvgIpc) is 2.54. The van der Waals surface area contributed by atoms with Gasteiger partial charge in [-0.05, 0) is 29.8 Å². The monoisotopic (exact) mass is 262 g/mol. The third-order valence-corrected chi connectivity index (χ3v) is 3.62. The summed E-state index contributed by atoms with van der Waals surface area (Å²) in [6, 6.07) is 14.3. The van der Waals surface area contributed by atoms with Crippen LogP contribution < -0.4 is 9.47 Å². The van der Waals surface area contributed by atoms with Crippen LogP contribution in [0.3, 0.4) is 0 Å². The number of hydrogen-bond acceptors (Lipinski definition) is 2. The van der Waals surface area contributed by atoms with Gasteiger partial charge in [0.05, 0.1) is 0 Å². The summed E-state index contributed by atoms with van der Waals surface area (Å²) >= 11 is 0. The van der Waals surface area contributed by atoms with Crippen LogP contribution in [-0.4, -0.2) is 6.61 Å². The lowest BCUT2D eigenvalue weighted by molar-refractivity contribution is 0.250. The molecule has 0 aromatic heterocycles. The summed E-state index contributed by atoms with van der Waals surface area (Å²) in [6.45, 7) is 0.640. The molecule has 0 N–H and O–H groups in total. The fourth-order valence-corrected chi connectivity index (χ4v) is 2.58. The first-order valence-electron chi connectivity index (χ1n) is 6.77. The summed E-state index contributed by atoms with van der Waals surface area (Å²) in [4.78, 5) is 0. The zero-order chi connectivity index (χ0) is 13.4. The minimum Gasteiger partial charge on any atom is -0.489 e. The van der Waals surface area contributed by atoms with Gasteiger partial charge in [0.15, 0.2) is 0 Å². The van der Waals surface area contributed by atoms with Crippen LogP contribution in [0.4, 0.5) is 0 Å². The molecule has 2 aliphatic heterocycles. The number of fused-ring (bicyclic) bond motifs is 2. The van der Waals surface area contributed by atoms with Crippen molar-refractivity contribution in [1.82, 2.24) is 0 Å². The molecular formula is C18H14O2. The van der Waals surface area contributed by atoms with Gasteiger partial charge in [0.25, 0.3) is 0 Å². The molecule has 0 saturated carbocycles. The second kappa shape index (κ2) is 4.57. The van der Waals surface area contributed by atoms with E-state index in [1.165, 1.54) is 0 Å². The van der Waals surface area contributed by atoms with Gasteiger partial charge >= 0.3 is 0 Å². The van der Waals surface area contributed by atoms with Gasteiger partial charge in [0.1, 0.15) is 24.2 Å². The molecule has 2 heteroatoms. The maximum Gasteiger partial charge on any atom is 0.142 e. The average molecular weight is 262 g/mol. The predicted octanol–water partition coefficient (Wildman–Crippen LogP) is 4.24. The highest BCUT2D eigenvalue weighted by Gasteiger charge is 2.18. The number of rotatable bonds is 1. The van der Waals surface area contributed by atoms with Crippen molar-refractivity contribution in [1.29, 1.82) is 0 Å². The Bertz CT molecular complexity index is 713. The zero-order valence-corrected chi connectivity index (χ0v) is 11.0. The minimum atomic E-state index is -0.0512. The molecule has 2 nitrogen and oxygen atoms in total. The van der Waals surface area contributed by atoms with Crippen molar-refractivity contribution >= 4 is 12.2 Å². The number of hydrogen-bond donors (Lipinski definition) is 0. The van der Waals surface area contributed by atoms with Crippen molar-refractivity contribution in [2.24, 2.45) is 0 Å². The molecule has 1 unspecified atom stereocenters. The van der Waals surface area contributed by atoms with E-state index in [9.17, 15) is 0 Å². The summed E-state index contributed by atoms with van der Waals surface area (Å²) in [5.41, 5.74) is 3.37. The Morgan fingerprint density at radius 2 is 1.80 bits per heavy atom. The molecule has 1 atom stereocenters. The molecule has 0 aliphatic carbocycles. The first-order chi connectivity index (χ1) is 9.90. The van der Waals surface area contributed by atoms with E-state index in [0.717, 1.165) is 28.2 Å². The SMILES string of the molecule is C1=Cc2ccc(C3C=Cc4ccccc4O3)cc2OC1. The van der Waals surface area contributed by atoms with Crippen molar-refractivity contribution in [3.8, 4) is 11.5 Å². The second-order valence-electron chi connectivity index (χ2n) is 4.95. The van der Waals surface area contributed by atoms with Gasteiger partial charge < -0.3 is 9.47 Å². The van der Waals surface area contributed by atoms with Gasteiger partial charge in [-0.15, -0.1) is 0 Å². The van der Waals surface area contributed by atoms with E-state index in [0.29, 0.717) is 6.61 Å². The van der Waals surface area contributed by atoms with Crippen molar-refractivity contribution < 1.29 is 9.47 Å². The molecule has 4 rings (SSSR count). The van der Waals surface area contributed by atoms with E-state index < -0.39 is 0 Å². The molecule has 0 spiro atoms. The first-order valence-corrected chi connectivity index (χ1v) is 6.77. The lowest BCUT2D eigenvalue weighted by Crippen LogP contribution is -2.10. The lowest BCUT2D eigenvalue weighted by atomic mass is 10.0. The van der Waals surface area contributed by atoms with Gasteiger partial charge in [-0.2, -0.15) is 0 Å². The van der Waals surface area contributed by atoms with E-state index >= 15 is 0 Å². The summed E-state index contributed by atoms with van der Waals surface area (Å²) in [5, 5.41) is 0. The molecule has 0 radical (unpaired) electrons. The summed E-state index contributed by atoms with van der Waals surface area (Å²) in [7, 11) is 0. The molecule has 0 bridgehead atoms. The highest BCUT2D eigenvalue weighted by molar-refractivity contribution is 5.63. The van der Waals surface area contributed by atoms with Crippen LogP contribution in [0.25, 0.3) is 12.2 Å². The van der Waals surface area contributed by atoms with Crippen molar-refractivity contribution in [3.05, 3.63) is 71.3 Å². The normalized spacial score (nSPS) is 18.7. The number of para-hydroxylation sites is 1. The smallest absolute Gasteiger partial charge is 0.142 e. The molecule has 0 amide bonds. The molecule has 2 aliphatic rings. The van der Waals surface area contributed by atoms with E-state index in [4.69, 9.17) is 9.47 Å². The van der Waals surface area contributed by atoms with Crippen molar-refractivity contribution in [3.63, 3.8) is 0 Å². The quantitative estimate of drug-likeness (QED) is 0.765. The molecule has 2 aromatic rings. The Morgan fingerprint density at radius 3 is 2.80 bits per heavy atom. The molecule has 98 valence electrons. The summed E-state index contributed by atoms with van der Waals surface area (Å²) in [6.07, 6.45) is 8.27. The zero-order valence-electron chi connectivity index (χ0n) is 11.0. The van der Waals surface area contributed by atoms with Crippen LogP contribution in [0, 0.1) is 0 Å². The molecule has 0 fully saturated rings. The van der Waals surface area contributed by atoms with Crippen LogP contribution in [0.1, 0.15) is 22.8 Å². The molecule has 0 saturated heterocycles. The Hall–Kier alpha value is -2.48. The Balaban J connectivity index is 1.68. The van der Waals surface area contributed by atoms with Gasteiger partial charge in [0.2, 0.25) is 0 Å². The largest absolute Gasteiger partial charge is 0.489 e. The van der Waals surface area contributed by atoms with Gasteiger partial charge in [-0.1, -0.05) is 42.5 Å². The third-order valence-electron chi connectivity index (χ3n) is 3.62. The van der Waals surface area contributed by atoms with Gasteiger partial charge in [0, 0.05) is 11.1 Å². The standard InChI is InChI=1S/C18H14O2/c1-2-6-16-13(4-1)9-10-17(20-16)15-8-7-14-5-3-11-19-18(14)12-15/h1-10,12,17H,11H2. The molecule has 2 heterocycles. The molecule has 2 aromatic carbocycles. The highest BCUT2D eigenvalue weighted by Crippen LogP contribution is 2.35. The Morgan fingerprint density at radius 1 is 0.900 bits per heavy atom. The maximum absolute atomic E-state index is 6.05. The van der Waals surface area contributed by atoms with Gasteiger partial charge in [-0.3, -0.25) is 0 Å². The second-order valence-corrected chi connectivity index (χ2v) is 4.95. The minimum absolute atomic E-state index is 0.0512. The van der Waals surface area contributed by atoms with Crippen molar-refractivity contribution in [2.45, 2.75) is 6.10 Å². The molecule has 20 heavy (non-hydrogen) atoms. The predicted molar refractivity (Wildman–Crippen MR) is 79.8 cm³/mol.